The lowest BCUT2D eigenvalue weighted by molar-refractivity contribution is -0.329. The number of fused-ring (bicyclic) bond motifs is 2. The second-order valence-corrected chi connectivity index (χ2v) is 8.13. The minimum atomic E-state index is -1.71. The van der Waals surface area contributed by atoms with Gasteiger partial charge in [-0.25, -0.2) is 0 Å². The highest BCUT2D eigenvalue weighted by atomic mass is 35.5. The summed E-state index contributed by atoms with van der Waals surface area (Å²) in [7, 11) is 0. The molecule has 2 aliphatic rings. The van der Waals surface area contributed by atoms with Crippen molar-refractivity contribution in [3.05, 3.63) is 64.2 Å². The van der Waals surface area contributed by atoms with E-state index in [1.165, 1.54) is 0 Å². The van der Waals surface area contributed by atoms with Crippen LogP contribution in [0.25, 0.3) is 0 Å². The summed E-state index contributed by atoms with van der Waals surface area (Å²) in [4.78, 5) is 0. The largest absolute Gasteiger partial charge is 0.494 e. The molecule has 2 bridgehead atoms. The molecule has 0 amide bonds. The van der Waals surface area contributed by atoms with Crippen LogP contribution in [0.5, 0.6) is 5.75 Å². The van der Waals surface area contributed by atoms with Crippen molar-refractivity contribution in [1.82, 2.24) is 0 Å². The fourth-order valence-corrected chi connectivity index (χ4v) is 4.28. The van der Waals surface area contributed by atoms with Crippen molar-refractivity contribution in [1.29, 1.82) is 0 Å². The molecule has 2 heterocycles. The van der Waals surface area contributed by atoms with Gasteiger partial charge in [-0.3, -0.25) is 0 Å². The average molecular weight is 437 g/mol. The van der Waals surface area contributed by atoms with Crippen LogP contribution in [0.3, 0.4) is 0 Å². The van der Waals surface area contributed by atoms with Crippen molar-refractivity contribution in [2.75, 3.05) is 19.8 Å². The van der Waals surface area contributed by atoms with Gasteiger partial charge < -0.3 is 34.6 Å². The van der Waals surface area contributed by atoms with Gasteiger partial charge in [0.15, 0.2) is 0 Å². The molecule has 8 heteroatoms. The quantitative estimate of drug-likeness (QED) is 0.541. The highest BCUT2D eigenvalue weighted by Crippen LogP contribution is 2.49. The summed E-state index contributed by atoms with van der Waals surface area (Å²) in [6, 6.07) is 12.7. The van der Waals surface area contributed by atoms with Crippen molar-refractivity contribution in [3.8, 4) is 5.75 Å². The van der Waals surface area contributed by atoms with E-state index in [1.54, 1.807) is 18.2 Å². The van der Waals surface area contributed by atoms with Gasteiger partial charge in [-0.2, -0.15) is 0 Å². The zero-order valence-corrected chi connectivity index (χ0v) is 17.2. The summed E-state index contributed by atoms with van der Waals surface area (Å²) >= 11 is 6.41. The Morgan fingerprint density at radius 2 is 1.83 bits per heavy atom. The molecular weight excluding hydrogens is 412 g/mol. The summed E-state index contributed by atoms with van der Waals surface area (Å²) in [6.45, 7) is 1.78. The molecule has 30 heavy (non-hydrogen) atoms. The highest BCUT2D eigenvalue weighted by Gasteiger charge is 2.67. The van der Waals surface area contributed by atoms with Gasteiger partial charge >= 0.3 is 0 Å². The molecule has 0 aromatic heterocycles. The van der Waals surface area contributed by atoms with Crippen LogP contribution in [0, 0.1) is 0 Å². The second-order valence-electron chi connectivity index (χ2n) is 7.72. The lowest BCUT2D eigenvalue weighted by Gasteiger charge is -2.46. The van der Waals surface area contributed by atoms with Gasteiger partial charge in [0.2, 0.25) is 5.79 Å². The van der Waals surface area contributed by atoms with E-state index in [2.05, 4.69) is 0 Å². The van der Waals surface area contributed by atoms with Gasteiger partial charge in [0.25, 0.3) is 0 Å². The normalized spacial score (nSPS) is 32.9. The fourth-order valence-electron chi connectivity index (χ4n) is 4.09. The van der Waals surface area contributed by atoms with Crippen LogP contribution < -0.4 is 4.74 Å². The first-order valence-corrected chi connectivity index (χ1v) is 10.2. The Bertz CT molecular complexity index is 905. The molecule has 5 atom stereocenters. The number of aliphatic hydroxyl groups excluding tert-OH is 4. The van der Waals surface area contributed by atoms with E-state index in [9.17, 15) is 20.4 Å². The van der Waals surface area contributed by atoms with E-state index in [4.69, 9.17) is 25.8 Å². The zero-order chi connectivity index (χ0) is 21.5. The third-order valence-electron chi connectivity index (χ3n) is 5.81. The summed E-state index contributed by atoms with van der Waals surface area (Å²) in [5.74, 6) is -0.925. The fraction of sp³-hybridized carbons (Fsp3) is 0.455. The van der Waals surface area contributed by atoms with Crippen LogP contribution in [0.15, 0.2) is 42.5 Å². The third kappa shape index (κ3) is 3.40. The molecule has 162 valence electrons. The topological polar surface area (TPSA) is 109 Å². The first kappa shape index (κ1) is 21.5. The number of hydrogen-bond acceptors (Lipinski definition) is 7. The van der Waals surface area contributed by atoms with Gasteiger partial charge in [0.05, 0.1) is 19.8 Å². The van der Waals surface area contributed by atoms with E-state index in [-0.39, 0.29) is 6.61 Å². The molecule has 0 saturated carbocycles. The maximum absolute atomic E-state index is 10.7. The van der Waals surface area contributed by atoms with Crippen molar-refractivity contribution >= 4 is 11.6 Å². The van der Waals surface area contributed by atoms with Crippen molar-refractivity contribution in [2.45, 2.75) is 43.0 Å². The van der Waals surface area contributed by atoms with E-state index in [0.717, 1.165) is 16.9 Å². The Balaban J connectivity index is 1.66. The van der Waals surface area contributed by atoms with Crippen molar-refractivity contribution in [2.24, 2.45) is 0 Å². The number of halogens is 1. The van der Waals surface area contributed by atoms with Crippen molar-refractivity contribution < 1.29 is 34.6 Å². The third-order valence-corrected chi connectivity index (χ3v) is 6.17. The Labute approximate surface area is 179 Å². The predicted octanol–water partition coefficient (Wildman–Crippen LogP) is 1.36. The molecule has 2 aromatic carbocycles. The molecule has 2 saturated heterocycles. The van der Waals surface area contributed by atoms with Crippen LogP contribution >= 0.6 is 11.6 Å². The van der Waals surface area contributed by atoms with Crippen LogP contribution in [-0.2, 0) is 21.7 Å². The first-order valence-electron chi connectivity index (χ1n) is 9.85. The van der Waals surface area contributed by atoms with Gasteiger partial charge in [0.1, 0.15) is 29.7 Å². The van der Waals surface area contributed by atoms with Gasteiger partial charge in [-0.05, 0) is 48.7 Å². The van der Waals surface area contributed by atoms with E-state index >= 15 is 0 Å². The minimum absolute atomic E-state index is 0.171. The van der Waals surface area contributed by atoms with Crippen LogP contribution in [0.4, 0.5) is 0 Å². The second kappa shape index (κ2) is 8.09. The van der Waals surface area contributed by atoms with E-state index in [1.807, 2.05) is 31.2 Å². The number of benzene rings is 2. The molecule has 7 nitrogen and oxygen atoms in total. The Hall–Kier alpha value is -1.71. The van der Waals surface area contributed by atoms with Gasteiger partial charge in [0, 0.05) is 10.6 Å². The number of ether oxygens (including phenoxy) is 3. The summed E-state index contributed by atoms with van der Waals surface area (Å²) < 4.78 is 17.1. The summed E-state index contributed by atoms with van der Waals surface area (Å²) in [6.07, 6.45) is -4.06. The molecule has 2 fully saturated rings. The highest BCUT2D eigenvalue weighted by molar-refractivity contribution is 6.31. The number of aliphatic hydroxyl groups is 4. The van der Waals surface area contributed by atoms with Gasteiger partial charge in [-0.15, -0.1) is 0 Å². The van der Waals surface area contributed by atoms with Crippen LogP contribution in [0.1, 0.15) is 23.6 Å². The Morgan fingerprint density at radius 1 is 1.10 bits per heavy atom. The molecule has 0 radical (unpaired) electrons. The molecule has 2 aromatic rings. The summed E-state index contributed by atoms with van der Waals surface area (Å²) in [5, 5.41) is 41.7. The SMILES string of the molecule is CCOc1ccc(Cc2cc(C34OCC(CO)(O3)[C@@H](O)[C@H](O)[C@H]4O)ccc2Cl)cc1. The maximum atomic E-state index is 10.7. The molecule has 4 N–H and O–H groups in total. The number of rotatable bonds is 6. The van der Waals surface area contributed by atoms with Crippen molar-refractivity contribution in [3.63, 3.8) is 0 Å². The zero-order valence-electron chi connectivity index (χ0n) is 16.5. The molecule has 2 aliphatic heterocycles. The van der Waals surface area contributed by atoms with E-state index in [0.29, 0.717) is 23.6 Å². The smallest absolute Gasteiger partial charge is 0.225 e. The minimum Gasteiger partial charge on any atom is -0.494 e. The lowest BCUT2D eigenvalue weighted by atomic mass is 9.83. The first-order chi connectivity index (χ1) is 14.3. The van der Waals surface area contributed by atoms with E-state index < -0.39 is 36.3 Å². The molecule has 2 unspecified atom stereocenters. The Kier molecular flexibility index (Phi) is 5.80. The van der Waals surface area contributed by atoms with Crippen LogP contribution in [-0.4, -0.2) is 64.2 Å². The monoisotopic (exact) mass is 436 g/mol. The van der Waals surface area contributed by atoms with Crippen LogP contribution in [0.2, 0.25) is 5.02 Å². The number of hydrogen-bond donors (Lipinski definition) is 4. The Morgan fingerprint density at radius 3 is 2.50 bits per heavy atom. The summed E-state index contributed by atoms with van der Waals surface area (Å²) in [5.41, 5.74) is 0.719. The maximum Gasteiger partial charge on any atom is 0.225 e. The predicted molar refractivity (Wildman–Crippen MR) is 108 cm³/mol. The average Bonchev–Trinajstić information content (AvgIpc) is 3.14. The molecule has 0 aliphatic carbocycles. The molecule has 4 rings (SSSR count). The molecular formula is C22H25ClO7. The molecule has 0 spiro atoms. The standard InChI is InChI=1S/C22H25ClO7/c1-2-28-16-6-3-13(4-7-16)9-14-10-15(5-8-17(14)23)22-20(27)18(25)19(26)21(11-24,30-22)12-29-22/h3-8,10,18-20,24-27H,2,9,11-12H2,1H3/t18-,19-,20+,21?,22?/m0/s1. The van der Waals surface area contributed by atoms with Gasteiger partial charge in [-0.1, -0.05) is 29.8 Å². The lowest BCUT2D eigenvalue weighted by Crippen LogP contribution is -2.65.